The average molecular weight is 517 g/mol. The van der Waals surface area contributed by atoms with Crippen LogP contribution in [0.5, 0.6) is 5.75 Å². The summed E-state index contributed by atoms with van der Waals surface area (Å²) in [5, 5.41) is 0.262. The van der Waals surface area contributed by atoms with E-state index in [9.17, 15) is 14.2 Å². The first-order chi connectivity index (χ1) is 15.8. The molecule has 0 spiro atoms. The standard InChI is InChI=1S/C27H27Cl2O4P/c1-16-14-18(27(3,4)5)15-17(2)22(16)25(30)34(32,19-10-8-7-9-11-19)26(31)23-20(28)12-13-21(29)24(23)33-6/h7-15H,1-6H3. The molecule has 0 saturated carbocycles. The largest absolute Gasteiger partial charge is 0.494 e. The molecule has 1 unspecified atom stereocenters. The first-order valence-corrected chi connectivity index (χ1v) is 13.2. The fraction of sp³-hybridized carbons (Fsp3) is 0.259. The van der Waals surface area contributed by atoms with Crippen LogP contribution in [0.4, 0.5) is 0 Å². The van der Waals surface area contributed by atoms with Crippen LogP contribution in [0.3, 0.4) is 0 Å². The van der Waals surface area contributed by atoms with Crippen LogP contribution >= 0.6 is 30.3 Å². The summed E-state index contributed by atoms with van der Waals surface area (Å²) >= 11 is 12.6. The second-order valence-electron chi connectivity index (χ2n) is 9.23. The van der Waals surface area contributed by atoms with E-state index in [1.807, 2.05) is 12.1 Å². The molecule has 0 aliphatic rings. The maximum Gasteiger partial charge on any atom is 0.248 e. The van der Waals surface area contributed by atoms with Gasteiger partial charge in [-0.05, 0) is 48.1 Å². The zero-order valence-corrected chi connectivity index (χ0v) is 22.4. The van der Waals surface area contributed by atoms with Crippen molar-refractivity contribution in [2.75, 3.05) is 7.11 Å². The SMILES string of the molecule is COc1c(Cl)ccc(Cl)c1C(=O)P(=O)(C(=O)c1c(C)cc(C(C)(C)C)cc1C)c1ccccc1. The van der Waals surface area contributed by atoms with Crippen molar-refractivity contribution >= 4 is 46.7 Å². The number of methoxy groups -OCH3 is 1. The van der Waals surface area contributed by atoms with Gasteiger partial charge in [0, 0.05) is 10.9 Å². The fourth-order valence-electron chi connectivity index (χ4n) is 3.95. The molecule has 4 nitrogen and oxygen atoms in total. The highest BCUT2D eigenvalue weighted by molar-refractivity contribution is 8.01. The number of hydrogen-bond donors (Lipinski definition) is 0. The van der Waals surface area contributed by atoms with Gasteiger partial charge in [-0.2, -0.15) is 0 Å². The van der Waals surface area contributed by atoms with Gasteiger partial charge in [0.2, 0.25) is 18.2 Å². The Labute approximate surface area is 210 Å². The van der Waals surface area contributed by atoms with Gasteiger partial charge in [0.1, 0.15) is 5.75 Å². The van der Waals surface area contributed by atoms with E-state index in [2.05, 4.69) is 20.8 Å². The van der Waals surface area contributed by atoms with Crippen molar-refractivity contribution in [3.8, 4) is 5.75 Å². The minimum atomic E-state index is -4.40. The van der Waals surface area contributed by atoms with E-state index in [4.69, 9.17) is 27.9 Å². The van der Waals surface area contributed by atoms with E-state index < -0.39 is 18.2 Å². The summed E-state index contributed by atoms with van der Waals surface area (Å²) in [6.07, 6.45) is 0. The van der Waals surface area contributed by atoms with E-state index in [-0.39, 0.29) is 37.6 Å². The summed E-state index contributed by atoms with van der Waals surface area (Å²) in [5.41, 5.74) is 0.664. The molecule has 0 amide bonds. The van der Waals surface area contributed by atoms with Gasteiger partial charge in [0.25, 0.3) is 0 Å². The molecule has 0 saturated heterocycles. The third-order valence-electron chi connectivity index (χ3n) is 5.78. The van der Waals surface area contributed by atoms with Crippen LogP contribution in [-0.4, -0.2) is 18.2 Å². The molecule has 178 valence electrons. The molecule has 0 aliphatic heterocycles. The van der Waals surface area contributed by atoms with Crippen LogP contribution in [0.2, 0.25) is 10.0 Å². The summed E-state index contributed by atoms with van der Waals surface area (Å²) in [6.45, 7) is 9.82. The fourth-order valence-corrected chi connectivity index (χ4v) is 6.93. The van der Waals surface area contributed by atoms with Crippen molar-refractivity contribution in [1.82, 2.24) is 0 Å². The van der Waals surface area contributed by atoms with Gasteiger partial charge in [0.15, 0.2) is 0 Å². The van der Waals surface area contributed by atoms with Gasteiger partial charge in [-0.15, -0.1) is 0 Å². The van der Waals surface area contributed by atoms with Crippen LogP contribution in [0, 0.1) is 13.8 Å². The van der Waals surface area contributed by atoms with Crippen LogP contribution in [0.1, 0.15) is 58.2 Å². The highest BCUT2D eigenvalue weighted by Gasteiger charge is 2.45. The topological polar surface area (TPSA) is 60.4 Å². The number of halogens is 2. The summed E-state index contributed by atoms with van der Waals surface area (Å²) in [7, 11) is -3.06. The molecular weight excluding hydrogens is 490 g/mol. The Morgan fingerprint density at radius 1 is 0.824 bits per heavy atom. The van der Waals surface area contributed by atoms with E-state index >= 15 is 0 Å². The van der Waals surface area contributed by atoms with Crippen molar-refractivity contribution in [1.29, 1.82) is 0 Å². The van der Waals surface area contributed by atoms with Crippen LogP contribution in [-0.2, 0) is 9.98 Å². The Kier molecular flexibility index (Phi) is 7.48. The Morgan fingerprint density at radius 3 is 1.82 bits per heavy atom. The molecule has 3 rings (SSSR count). The summed E-state index contributed by atoms with van der Waals surface area (Å²) in [5.74, 6) is -0.0142. The Balaban J connectivity index is 2.32. The maximum absolute atomic E-state index is 14.7. The predicted octanol–water partition coefficient (Wildman–Crippen LogP) is 7.59. The monoisotopic (exact) mass is 516 g/mol. The van der Waals surface area contributed by atoms with Gasteiger partial charge < -0.3 is 9.30 Å². The molecule has 0 N–H and O–H groups in total. The third-order valence-corrected chi connectivity index (χ3v) is 9.01. The molecule has 0 fully saturated rings. The molecule has 7 heteroatoms. The van der Waals surface area contributed by atoms with Crippen molar-refractivity contribution in [3.05, 3.63) is 92.5 Å². The van der Waals surface area contributed by atoms with Crippen molar-refractivity contribution in [2.45, 2.75) is 40.0 Å². The minimum absolute atomic E-state index is 0.00623. The molecule has 34 heavy (non-hydrogen) atoms. The Morgan fingerprint density at radius 2 is 1.32 bits per heavy atom. The van der Waals surface area contributed by atoms with E-state index in [0.29, 0.717) is 11.1 Å². The van der Waals surface area contributed by atoms with Crippen molar-refractivity contribution < 1.29 is 18.9 Å². The number of carbonyl (C=O) groups is 2. The average Bonchev–Trinajstić information content (AvgIpc) is 2.78. The summed E-state index contributed by atoms with van der Waals surface area (Å²) in [4.78, 5) is 28.1. The number of ether oxygens (including phenoxy) is 1. The smallest absolute Gasteiger partial charge is 0.248 e. The predicted molar refractivity (Wildman–Crippen MR) is 140 cm³/mol. The highest BCUT2D eigenvalue weighted by atomic mass is 35.5. The van der Waals surface area contributed by atoms with Gasteiger partial charge in [-0.25, -0.2) is 0 Å². The van der Waals surface area contributed by atoms with E-state index in [1.54, 1.807) is 32.0 Å². The first-order valence-electron chi connectivity index (χ1n) is 10.7. The molecule has 0 heterocycles. The van der Waals surface area contributed by atoms with Crippen LogP contribution in [0.15, 0.2) is 54.6 Å². The lowest BCUT2D eigenvalue weighted by Gasteiger charge is -2.24. The minimum Gasteiger partial charge on any atom is -0.494 e. The molecular formula is C27H27Cl2O4P. The van der Waals surface area contributed by atoms with Crippen LogP contribution < -0.4 is 10.0 Å². The lowest BCUT2D eigenvalue weighted by molar-refractivity contribution is 0.103. The third kappa shape index (κ3) is 4.60. The van der Waals surface area contributed by atoms with E-state index in [0.717, 1.165) is 5.56 Å². The van der Waals surface area contributed by atoms with Gasteiger partial charge in [-0.3, -0.25) is 9.59 Å². The maximum atomic E-state index is 14.7. The molecule has 1 atom stereocenters. The number of benzene rings is 3. The van der Waals surface area contributed by atoms with E-state index in [1.165, 1.54) is 31.4 Å². The Bertz CT molecular complexity index is 1300. The van der Waals surface area contributed by atoms with Crippen molar-refractivity contribution in [2.24, 2.45) is 0 Å². The molecule has 0 bridgehead atoms. The molecule has 3 aromatic rings. The lowest BCUT2D eigenvalue weighted by Crippen LogP contribution is -2.23. The van der Waals surface area contributed by atoms with Gasteiger partial charge >= 0.3 is 0 Å². The Hall–Kier alpha value is -2.39. The number of rotatable bonds is 6. The second-order valence-corrected chi connectivity index (χ2v) is 12.6. The molecule has 0 aliphatic carbocycles. The quantitative estimate of drug-likeness (QED) is 0.316. The zero-order chi connectivity index (χ0) is 25.4. The molecule has 0 radical (unpaired) electrons. The van der Waals surface area contributed by atoms with Crippen molar-refractivity contribution in [3.63, 3.8) is 0 Å². The highest BCUT2D eigenvalue weighted by Crippen LogP contribution is 2.54. The summed E-state index contributed by atoms with van der Waals surface area (Å²) in [6, 6.07) is 14.8. The lowest BCUT2D eigenvalue weighted by atomic mass is 9.84. The number of aryl methyl sites for hydroxylation is 2. The molecule has 3 aromatic carbocycles. The summed E-state index contributed by atoms with van der Waals surface area (Å²) < 4.78 is 20.0. The number of hydrogen-bond acceptors (Lipinski definition) is 4. The normalized spacial score (nSPS) is 13.3. The van der Waals surface area contributed by atoms with Crippen LogP contribution in [0.25, 0.3) is 0 Å². The molecule has 0 aromatic heterocycles. The first kappa shape index (κ1) is 26.2. The van der Waals surface area contributed by atoms with Gasteiger partial charge in [0.05, 0.1) is 22.7 Å². The second kappa shape index (κ2) is 9.70. The number of carbonyl (C=O) groups excluding carboxylic acids is 2. The zero-order valence-electron chi connectivity index (χ0n) is 20.0. The van der Waals surface area contributed by atoms with Gasteiger partial charge in [-0.1, -0.05) is 86.4 Å².